The quantitative estimate of drug-likeness (QED) is 0.860. The van der Waals surface area contributed by atoms with Gasteiger partial charge in [-0.2, -0.15) is 0 Å². The topological polar surface area (TPSA) is 69.6 Å². The number of carbonyl (C=O) groups excluding carboxylic acids is 1. The minimum Gasteiger partial charge on any atom is -0.481 e. The minimum absolute atomic E-state index is 0.00387. The number of rotatable bonds is 5. The molecule has 0 aliphatic carbocycles. The summed E-state index contributed by atoms with van der Waals surface area (Å²) in [7, 11) is 0. The van der Waals surface area contributed by atoms with Crippen LogP contribution in [0.2, 0.25) is 0 Å². The van der Waals surface area contributed by atoms with Gasteiger partial charge in [0.05, 0.1) is 12.5 Å². The molecule has 0 aromatic heterocycles. The van der Waals surface area contributed by atoms with Gasteiger partial charge in [-0.1, -0.05) is 24.3 Å². The van der Waals surface area contributed by atoms with Gasteiger partial charge in [0, 0.05) is 19.1 Å². The molecule has 21 heavy (non-hydrogen) atoms. The Hall–Kier alpha value is -1.88. The lowest BCUT2D eigenvalue weighted by Crippen LogP contribution is -2.52. The molecule has 1 aliphatic heterocycles. The van der Waals surface area contributed by atoms with E-state index in [1.54, 1.807) is 4.90 Å². The van der Waals surface area contributed by atoms with Crippen LogP contribution in [0.1, 0.15) is 31.4 Å². The van der Waals surface area contributed by atoms with E-state index in [2.05, 4.69) is 11.4 Å². The Kier molecular flexibility index (Phi) is 4.96. The molecule has 2 N–H and O–H groups in total. The molecule has 1 aromatic rings. The Morgan fingerprint density at radius 1 is 1.33 bits per heavy atom. The van der Waals surface area contributed by atoms with Crippen LogP contribution in [0, 0.1) is 0 Å². The molecule has 0 saturated carbocycles. The first-order chi connectivity index (χ1) is 9.99. The van der Waals surface area contributed by atoms with Crippen molar-refractivity contribution in [1.29, 1.82) is 0 Å². The molecule has 0 bridgehead atoms. The van der Waals surface area contributed by atoms with Crippen LogP contribution in [0.15, 0.2) is 24.3 Å². The molecule has 0 radical (unpaired) electrons. The van der Waals surface area contributed by atoms with Gasteiger partial charge in [-0.3, -0.25) is 9.59 Å². The van der Waals surface area contributed by atoms with Crippen molar-refractivity contribution < 1.29 is 14.7 Å². The van der Waals surface area contributed by atoms with E-state index in [0.29, 0.717) is 13.0 Å². The lowest BCUT2D eigenvalue weighted by Gasteiger charge is -2.33. The fourth-order valence-electron chi connectivity index (χ4n) is 2.67. The van der Waals surface area contributed by atoms with Crippen molar-refractivity contribution in [3.63, 3.8) is 0 Å². The highest BCUT2D eigenvalue weighted by Crippen LogP contribution is 2.18. The number of carbonyl (C=O) groups is 2. The van der Waals surface area contributed by atoms with Crippen molar-refractivity contribution in [2.45, 2.75) is 45.3 Å². The summed E-state index contributed by atoms with van der Waals surface area (Å²) >= 11 is 0. The number of carboxylic acid groups (broad SMARTS) is 1. The molecule has 5 heteroatoms. The first-order valence-electron chi connectivity index (χ1n) is 7.31. The van der Waals surface area contributed by atoms with Crippen LogP contribution in [0.4, 0.5) is 0 Å². The molecule has 0 saturated heterocycles. The van der Waals surface area contributed by atoms with Gasteiger partial charge in [0.25, 0.3) is 0 Å². The fourth-order valence-corrected chi connectivity index (χ4v) is 2.67. The van der Waals surface area contributed by atoms with Crippen molar-refractivity contribution in [2.75, 3.05) is 6.54 Å². The zero-order valence-electron chi connectivity index (χ0n) is 12.5. The fraction of sp³-hybridized carbons (Fsp3) is 0.500. The Balaban J connectivity index is 2.06. The van der Waals surface area contributed by atoms with E-state index < -0.39 is 5.97 Å². The van der Waals surface area contributed by atoms with Gasteiger partial charge in [0.2, 0.25) is 5.91 Å². The normalized spacial score (nSPS) is 17.4. The van der Waals surface area contributed by atoms with Crippen LogP contribution in [0.5, 0.6) is 0 Å². The third-order valence-corrected chi connectivity index (χ3v) is 3.85. The smallest absolute Gasteiger partial charge is 0.305 e. The molecule has 5 nitrogen and oxygen atoms in total. The van der Waals surface area contributed by atoms with Crippen molar-refractivity contribution >= 4 is 11.9 Å². The predicted octanol–water partition coefficient (Wildman–Crippen LogP) is 1.41. The summed E-state index contributed by atoms with van der Waals surface area (Å²) in [5, 5.41) is 12.1. The lowest BCUT2D eigenvalue weighted by atomic mass is 9.95. The zero-order chi connectivity index (χ0) is 15.4. The van der Waals surface area contributed by atoms with Crippen LogP contribution in [0.25, 0.3) is 0 Å². The highest BCUT2D eigenvalue weighted by Gasteiger charge is 2.29. The summed E-state index contributed by atoms with van der Waals surface area (Å²) in [6, 6.07) is 7.82. The summed E-state index contributed by atoms with van der Waals surface area (Å²) in [4.78, 5) is 25.0. The molecule has 1 unspecified atom stereocenters. The number of nitrogens with one attached hydrogen (secondary N) is 1. The summed E-state index contributed by atoms with van der Waals surface area (Å²) in [5.41, 5.74) is 2.42. The van der Waals surface area contributed by atoms with Crippen LogP contribution in [-0.2, 0) is 22.6 Å². The molecular weight excluding hydrogens is 268 g/mol. The Labute approximate surface area is 125 Å². The first-order valence-corrected chi connectivity index (χ1v) is 7.31. The van der Waals surface area contributed by atoms with E-state index in [0.717, 1.165) is 0 Å². The molecule has 0 fully saturated rings. The lowest BCUT2D eigenvalue weighted by molar-refractivity contribution is -0.140. The largest absolute Gasteiger partial charge is 0.481 e. The molecular formula is C16H22N2O3. The van der Waals surface area contributed by atoms with E-state index in [4.69, 9.17) is 5.11 Å². The Morgan fingerprint density at radius 3 is 2.62 bits per heavy atom. The van der Waals surface area contributed by atoms with Gasteiger partial charge < -0.3 is 15.3 Å². The predicted molar refractivity (Wildman–Crippen MR) is 79.9 cm³/mol. The summed E-state index contributed by atoms with van der Waals surface area (Å²) in [6.45, 7) is 4.76. The average Bonchev–Trinajstić information content (AvgIpc) is 2.46. The van der Waals surface area contributed by atoms with Gasteiger partial charge in [-0.15, -0.1) is 0 Å². The molecule has 1 heterocycles. The third-order valence-electron chi connectivity index (χ3n) is 3.85. The highest BCUT2D eigenvalue weighted by atomic mass is 16.4. The number of fused-ring (bicyclic) bond motifs is 1. The van der Waals surface area contributed by atoms with E-state index in [1.165, 1.54) is 11.1 Å². The average molecular weight is 290 g/mol. The van der Waals surface area contributed by atoms with Gasteiger partial charge in [-0.25, -0.2) is 0 Å². The van der Waals surface area contributed by atoms with Gasteiger partial charge >= 0.3 is 5.97 Å². The zero-order valence-corrected chi connectivity index (χ0v) is 12.5. The van der Waals surface area contributed by atoms with Crippen molar-refractivity contribution in [3.05, 3.63) is 35.4 Å². The number of hydrogen-bond donors (Lipinski definition) is 2. The maximum absolute atomic E-state index is 12.6. The van der Waals surface area contributed by atoms with Gasteiger partial charge in [0.15, 0.2) is 0 Å². The van der Waals surface area contributed by atoms with Crippen molar-refractivity contribution in [3.8, 4) is 0 Å². The number of carboxylic acids is 1. The second kappa shape index (κ2) is 6.72. The van der Waals surface area contributed by atoms with Crippen molar-refractivity contribution in [1.82, 2.24) is 10.2 Å². The highest BCUT2D eigenvalue weighted by molar-refractivity contribution is 5.83. The van der Waals surface area contributed by atoms with Crippen LogP contribution in [-0.4, -0.2) is 40.5 Å². The number of aliphatic carboxylic acids is 1. The molecule has 0 spiro atoms. The summed E-state index contributed by atoms with van der Waals surface area (Å²) < 4.78 is 0. The molecule has 2 rings (SSSR count). The monoisotopic (exact) mass is 290 g/mol. The molecule has 114 valence electrons. The third kappa shape index (κ3) is 3.82. The second-order valence-electron chi connectivity index (χ2n) is 5.68. The number of benzene rings is 1. The second-order valence-corrected chi connectivity index (χ2v) is 5.68. The molecule has 1 amide bonds. The van der Waals surface area contributed by atoms with E-state index in [9.17, 15) is 9.59 Å². The summed E-state index contributed by atoms with van der Waals surface area (Å²) in [5.74, 6) is -0.892. The van der Waals surface area contributed by atoms with Crippen LogP contribution >= 0.6 is 0 Å². The molecule has 1 aliphatic rings. The number of nitrogens with zero attached hydrogens (tertiary/aromatic N) is 1. The van der Waals surface area contributed by atoms with Crippen LogP contribution < -0.4 is 5.32 Å². The SMILES string of the molecule is CC(C)N(CCC(=O)O)C(=O)C1Cc2ccccc2CN1. The van der Waals surface area contributed by atoms with Gasteiger partial charge in [-0.05, 0) is 31.4 Å². The summed E-state index contributed by atoms with van der Waals surface area (Å²) in [6.07, 6.45) is 0.637. The van der Waals surface area contributed by atoms with Crippen molar-refractivity contribution in [2.24, 2.45) is 0 Å². The minimum atomic E-state index is -0.879. The van der Waals surface area contributed by atoms with Crippen LogP contribution in [0.3, 0.4) is 0 Å². The number of amides is 1. The van der Waals surface area contributed by atoms with E-state index >= 15 is 0 Å². The Morgan fingerprint density at radius 2 is 2.00 bits per heavy atom. The van der Waals surface area contributed by atoms with E-state index in [-0.39, 0.29) is 31.0 Å². The maximum Gasteiger partial charge on any atom is 0.305 e. The Bertz CT molecular complexity index is 528. The van der Waals surface area contributed by atoms with E-state index in [1.807, 2.05) is 32.0 Å². The standard InChI is InChI=1S/C16H22N2O3/c1-11(2)18(8-7-15(19)20)16(21)14-9-12-5-3-4-6-13(12)10-17-14/h3-6,11,14,17H,7-10H2,1-2H3,(H,19,20). The first kappa shape index (κ1) is 15.5. The molecule has 1 aromatic carbocycles. The van der Waals surface area contributed by atoms with Gasteiger partial charge in [0.1, 0.15) is 0 Å². The number of hydrogen-bond acceptors (Lipinski definition) is 3. The maximum atomic E-state index is 12.6. The molecule has 1 atom stereocenters.